The first-order chi connectivity index (χ1) is 12.3. The number of nitrogens with zero attached hydrogens (tertiary/aromatic N) is 2. The molecule has 26 heavy (non-hydrogen) atoms. The molecule has 0 unspecified atom stereocenters. The van der Waals surface area contributed by atoms with Gasteiger partial charge in [0.2, 0.25) is 5.88 Å². The highest BCUT2D eigenvalue weighted by atomic mass is 16.5. The predicted molar refractivity (Wildman–Crippen MR) is 99.3 cm³/mol. The van der Waals surface area contributed by atoms with Gasteiger partial charge in [-0.1, -0.05) is 13.8 Å². The summed E-state index contributed by atoms with van der Waals surface area (Å²) in [6, 6.07) is 5.15. The van der Waals surface area contributed by atoms with Crippen LogP contribution in [-0.2, 0) is 4.79 Å². The smallest absolute Gasteiger partial charge is 0.262 e. The largest absolute Gasteiger partial charge is 0.497 e. The van der Waals surface area contributed by atoms with Crippen LogP contribution in [0.3, 0.4) is 0 Å². The monoisotopic (exact) mass is 359 g/mol. The molecule has 7 nitrogen and oxygen atoms in total. The van der Waals surface area contributed by atoms with E-state index in [1.54, 1.807) is 25.3 Å². The maximum Gasteiger partial charge on any atom is 0.262 e. The van der Waals surface area contributed by atoms with E-state index in [0.717, 1.165) is 11.3 Å². The lowest BCUT2D eigenvalue weighted by Gasteiger charge is -2.14. The summed E-state index contributed by atoms with van der Waals surface area (Å²) >= 11 is 0. The van der Waals surface area contributed by atoms with E-state index in [2.05, 4.69) is 15.3 Å². The van der Waals surface area contributed by atoms with Crippen molar-refractivity contribution in [2.75, 3.05) is 26.1 Å². The molecular formula is C19H25N3O4. The van der Waals surface area contributed by atoms with Crippen LogP contribution in [0.5, 0.6) is 17.4 Å². The Kier molecular flexibility index (Phi) is 6.38. The summed E-state index contributed by atoms with van der Waals surface area (Å²) < 4.78 is 16.0. The molecule has 0 saturated carbocycles. The van der Waals surface area contributed by atoms with Crippen molar-refractivity contribution in [3.63, 3.8) is 0 Å². The van der Waals surface area contributed by atoms with E-state index in [-0.39, 0.29) is 18.4 Å². The molecule has 140 valence electrons. The zero-order chi connectivity index (χ0) is 19.3. The number of carbonyl (C=O) groups is 1. The van der Waals surface area contributed by atoms with Gasteiger partial charge in [0.15, 0.2) is 6.61 Å². The van der Waals surface area contributed by atoms with Gasteiger partial charge in [0.25, 0.3) is 5.91 Å². The molecule has 0 aliphatic heterocycles. The van der Waals surface area contributed by atoms with Crippen LogP contribution in [-0.4, -0.2) is 36.7 Å². The molecule has 0 bridgehead atoms. The van der Waals surface area contributed by atoms with Crippen LogP contribution in [0.15, 0.2) is 18.2 Å². The minimum Gasteiger partial charge on any atom is -0.497 e. The third kappa shape index (κ3) is 4.62. The van der Waals surface area contributed by atoms with E-state index in [4.69, 9.17) is 14.2 Å². The van der Waals surface area contributed by atoms with Gasteiger partial charge in [0, 0.05) is 23.2 Å². The molecule has 0 fully saturated rings. The lowest BCUT2D eigenvalue weighted by molar-refractivity contribution is -0.118. The highest BCUT2D eigenvalue weighted by Gasteiger charge is 2.14. The number of methoxy groups -OCH3 is 2. The summed E-state index contributed by atoms with van der Waals surface area (Å²) in [6.45, 7) is 7.63. The molecule has 0 aliphatic carbocycles. The second-order valence-corrected chi connectivity index (χ2v) is 6.16. The lowest BCUT2D eigenvalue weighted by atomic mass is 10.2. The number of nitrogens with one attached hydrogen (secondary N) is 1. The molecule has 0 radical (unpaired) electrons. The van der Waals surface area contributed by atoms with Gasteiger partial charge < -0.3 is 19.5 Å². The van der Waals surface area contributed by atoms with Crippen LogP contribution in [0.2, 0.25) is 0 Å². The van der Waals surface area contributed by atoms with Crippen molar-refractivity contribution in [3.05, 3.63) is 35.3 Å². The van der Waals surface area contributed by atoms with Gasteiger partial charge in [0.05, 0.1) is 19.9 Å². The number of hydrogen-bond donors (Lipinski definition) is 1. The molecule has 2 rings (SSSR count). The quantitative estimate of drug-likeness (QED) is 0.817. The van der Waals surface area contributed by atoms with Gasteiger partial charge in [-0.3, -0.25) is 4.79 Å². The standard InChI is InChI=1S/C19H25N3O4/c1-11(2)18-20-13(4)12(3)19(22-18)26-10-17(23)21-15-8-7-14(24-5)9-16(15)25-6/h7-9,11H,10H2,1-6H3,(H,21,23). The average Bonchev–Trinajstić information content (AvgIpc) is 2.62. The Balaban J connectivity index is 2.08. The number of aryl methyl sites for hydroxylation is 1. The third-order valence-corrected chi connectivity index (χ3v) is 3.90. The van der Waals surface area contributed by atoms with Crippen LogP contribution in [0.4, 0.5) is 5.69 Å². The van der Waals surface area contributed by atoms with Gasteiger partial charge in [-0.15, -0.1) is 0 Å². The fraction of sp³-hybridized carbons (Fsp3) is 0.421. The topological polar surface area (TPSA) is 82.6 Å². The van der Waals surface area contributed by atoms with Gasteiger partial charge in [-0.25, -0.2) is 4.98 Å². The molecule has 0 atom stereocenters. The number of anilines is 1. The molecule has 1 N–H and O–H groups in total. The zero-order valence-corrected chi connectivity index (χ0v) is 16.0. The maximum atomic E-state index is 12.3. The van der Waals surface area contributed by atoms with Crippen LogP contribution >= 0.6 is 0 Å². The summed E-state index contributed by atoms with van der Waals surface area (Å²) in [4.78, 5) is 21.1. The number of ether oxygens (including phenoxy) is 3. The van der Waals surface area contributed by atoms with Gasteiger partial charge in [0.1, 0.15) is 17.3 Å². The Morgan fingerprint density at radius 2 is 1.88 bits per heavy atom. The van der Waals surface area contributed by atoms with Crippen molar-refractivity contribution in [2.24, 2.45) is 0 Å². The molecule has 0 saturated heterocycles. The Labute approximate surface area is 153 Å². The van der Waals surface area contributed by atoms with Crippen molar-refractivity contribution >= 4 is 11.6 Å². The second-order valence-electron chi connectivity index (χ2n) is 6.16. The van der Waals surface area contributed by atoms with E-state index in [1.165, 1.54) is 7.11 Å². The number of amides is 1. The summed E-state index contributed by atoms with van der Waals surface area (Å²) in [7, 11) is 3.10. The summed E-state index contributed by atoms with van der Waals surface area (Å²) in [5, 5.41) is 2.77. The maximum absolute atomic E-state index is 12.3. The van der Waals surface area contributed by atoms with E-state index >= 15 is 0 Å². The second kappa shape index (κ2) is 8.51. The minimum atomic E-state index is -0.310. The molecule has 0 aliphatic rings. The molecule has 7 heteroatoms. The SMILES string of the molecule is COc1ccc(NC(=O)COc2nc(C(C)C)nc(C)c2C)c(OC)c1. The van der Waals surface area contributed by atoms with Crippen LogP contribution < -0.4 is 19.5 Å². The number of rotatable bonds is 7. The van der Waals surface area contributed by atoms with Gasteiger partial charge >= 0.3 is 0 Å². The summed E-state index contributed by atoms with van der Waals surface area (Å²) in [5.74, 6) is 2.14. The number of aromatic nitrogens is 2. The molecule has 1 heterocycles. The van der Waals surface area contributed by atoms with Crippen molar-refractivity contribution in [2.45, 2.75) is 33.6 Å². The first-order valence-corrected chi connectivity index (χ1v) is 8.35. The number of benzene rings is 1. The van der Waals surface area contributed by atoms with Crippen LogP contribution in [0, 0.1) is 13.8 Å². The highest BCUT2D eigenvalue weighted by molar-refractivity contribution is 5.93. The fourth-order valence-corrected chi connectivity index (χ4v) is 2.24. The van der Waals surface area contributed by atoms with Gasteiger partial charge in [-0.05, 0) is 26.0 Å². The van der Waals surface area contributed by atoms with E-state index in [9.17, 15) is 4.79 Å². The fourth-order valence-electron chi connectivity index (χ4n) is 2.24. The first kappa shape index (κ1) is 19.5. The van der Waals surface area contributed by atoms with Crippen molar-refractivity contribution < 1.29 is 19.0 Å². The molecule has 2 aromatic rings. The zero-order valence-electron chi connectivity index (χ0n) is 16.0. The molecular weight excluding hydrogens is 334 g/mol. The Bertz CT molecular complexity index is 791. The number of hydrogen-bond acceptors (Lipinski definition) is 6. The van der Waals surface area contributed by atoms with Gasteiger partial charge in [-0.2, -0.15) is 4.98 Å². The van der Waals surface area contributed by atoms with Crippen LogP contribution in [0.25, 0.3) is 0 Å². The lowest BCUT2D eigenvalue weighted by Crippen LogP contribution is -2.21. The average molecular weight is 359 g/mol. The Morgan fingerprint density at radius 3 is 2.50 bits per heavy atom. The molecule has 0 spiro atoms. The Hall–Kier alpha value is -2.83. The van der Waals surface area contributed by atoms with Crippen molar-refractivity contribution in [1.82, 2.24) is 9.97 Å². The highest BCUT2D eigenvalue weighted by Crippen LogP contribution is 2.29. The molecule has 1 amide bonds. The first-order valence-electron chi connectivity index (χ1n) is 8.35. The third-order valence-electron chi connectivity index (χ3n) is 3.90. The predicted octanol–water partition coefficient (Wildman–Crippen LogP) is 3.25. The van der Waals surface area contributed by atoms with E-state index < -0.39 is 0 Å². The van der Waals surface area contributed by atoms with Crippen LogP contribution in [0.1, 0.15) is 36.8 Å². The van der Waals surface area contributed by atoms with E-state index in [0.29, 0.717) is 28.9 Å². The Morgan fingerprint density at radius 1 is 1.15 bits per heavy atom. The number of carbonyl (C=O) groups excluding carboxylic acids is 1. The van der Waals surface area contributed by atoms with Crippen molar-refractivity contribution in [1.29, 1.82) is 0 Å². The summed E-state index contributed by atoms with van der Waals surface area (Å²) in [5.41, 5.74) is 2.21. The summed E-state index contributed by atoms with van der Waals surface area (Å²) in [6.07, 6.45) is 0. The molecule has 1 aromatic carbocycles. The minimum absolute atomic E-state index is 0.163. The van der Waals surface area contributed by atoms with Crippen molar-refractivity contribution in [3.8, 4) is 17.4 Å². The van der Waals surface area contributed by atoms with E-state index in [1.807, 2.05) is 27.7 Å². The normalized spacial score (nSPS) is 10.6. The molecule has 1 aromatic heterocycles.